The lowest BCUT2D eigenvalue weighted by Gasteiger charge is -2.59. The second-order valence-corrected chi connectivity index (χ2v) is 9.99. The zero-order valence-corrected chi connectivity index (χ0v) is 16.4. The van der Waals surface area contributed by atoms with E-state index in [0.29, 0.717) is 30.1 Å². The van der Waals surface area contributed by atoms with Crippen molar-refractivity contribution in [2.45, 2.75) is 88.3 Å². The van der Waals surface area contributed by atoms with E-state index in [-0.39, 0.29) is 12.1 Å². The van der Waals surface area contributed by atoms with Crippen molar-refractivity contribution in [2.75, 3.05) is 5.73 Å². The number of hydrogen-bond acceptors (Lipinski definition) is 3. The summed E-state index contributed by atoms with van der Waals surface area (Å²) in [4.78, 5) is 15.3. The van der Waals surface area contributed by atoms with Gasteiger partial charge in [-0.2, -0.15) is 0 Å². The average Bonchev–Trinajstić information content (AvgIpc) is 3.39. The van der Waals surface area contributed by atoms with Crippen LogP contribution >= 0.6 is 0 Å². The molecule has 5 fully saturated rings. The number of carbonyl (C=O) groups is 1. The van der Waals surface area contributed by atoms with Crippen LogP contribution in [0.5, 0.6) is 0 Å². The largest absolute Gasteiger partial charge is 0.398 e. The lowest BCUT2D eigenvalue weighted by atomic mass is 9.61. The lowest BCUT2D eigenvalue weighted by molar-refractivity contribution is -0.175. The van der Waals surface area contributed by atoms with Crippen LogP contribution in [0.2, 0.25) is 0 Å². The Labute approximate surface area is 162 Å². The van der Waals surface area contributed by atoms with Crippen LogP contribution in [0.25, 0.3) is 0 Å². The van der Waals surface area contributed by atoms with Gasteiger partial charge in [0.1, 0.15) is 0 Å². The van der Waals surface area contributed by atoms with Gasteiger partial charge in [0.05, 0.1) is 5.60 Å². The molecule has 0 radical (unpaired) electrons. The second kappa shape index (κ2) is 6.23. The SMILES string of the molecule is CC(CC(=O)N1C2CC3CC1CC(O)(C3)C2)Cc1c(N)cccc1C1CC1. The third-order valence-corrected chi connectivity index (χ3v) is 7.53. The molecule has 4 bridgehead atoms. The molecule has 5 aliphatic rings. The minimum Gasteiger partial charge on any atom is -0.398 e. The van der Waals surface area contributed by atoms with E-state index in [1.165, 1.54) is 24.0 Å². The van der Waals surface area contributed by atoms with E-state index in [4.69, 9.17) is 5.73 Å². The smallest absolute Gasteiger partial charge is 0.223 e. The van der Waals surface area contributed by atoms with Crippen molar-refractivity contribution in [2.24, 2.45) is 11.8 Å². The number of amides is 1. The van der Waals surface area contributed by atoms with Crippen LogP contribution in [0.3, 0.4) is 0 Å². The van der Waals surface area contributed by atoms with Crippen molar-refractivity contribution in [3.05, 3.63) is 29.3 Å². The number of rotatable bonds is 5. The molecule has 0 aromatic heterocycles. The van der Waals surface area contributed by atoms with Crippen molar-refractivity contribution in [3.8, 4) is 0 Å². The topological polar surface area (TPSA) is 66.6 Å². The Morgan fingerprint density at radius 3 is 2.59 bits per heavy atom. The van der Waals surface area contributed by atoms with Gasteiger partial charge in [-0.15, -0.1) is 0 Å². The van der Waals surface area contributed by atoms with Gasteiger partial charge in [0.2, 0.25) is 5.91 Å². The standard InChI is InChI=1S/C23H32N2O2/c1-14(7-20-19(16-5-6-16)3-2-4-21(20)24)8-22(26)25-17-9-15-10-18(25)13-23(27,11-15)12-17/h2-4,14-18,27H,5-13,24H2,1H3. The van der Waals surface area contributed by atoms with Gasteiger partial charge in [-0.1, -0.05) is 19.1 Å². The van der Waals surface area contributed by atoms with Gasteiger partial charge in [0.25, 0.3) is 0 Å². The third kappa shape index (κ3) is 3.16. The number of nitrogen functional groups attached to an aromatic ring is 1. The summed E-state index contributed by atoms with van der Waals surface area (Å²) >= 11 is 0. The first-order chi connectivity index (χ1) is 12.9. The highest BCUT2D eigenvalue weighted by molar-refractivity contribution is 5.77. The van der Waals surface area contributed by atoms with Crippen molar-refractivity contribution < 1.29 is 9.90 Å². The highest BCUT2D eigenvalue weighted by Crippen LogP contribution is 2.51. The van der Waals surface area contributed by atoms with Gasteiger partial charge < -0.3 is 15.7 Å². The Morgan fingerprint density at radius 2 is 1.96 bits per heavy atom. The van der Waals surface area contributed by atoms with Crippen LogP contribution in [-0.4, -0.2) is 33.6 Å². The summed E-state index contributed by atoms with van der Waals surface area (Å²) in [6.07, 6.45) is 8.74. The summed E-state index contributed by atoms with van der Waals surface area (Å²) < 4.78 is 0. The Kier molecular flexibility index (Phi) is 4.05. The Balaban J connectivity index is 1.27. The summed E-state index contributed by atoms with van der Waals surface area (Å²) in [6, 6.07) is 6.82. The molecular formula is C23H32N2O2. The maximum atomic E-state index is 13.2. The molecule has 1 aromatic rings. The Morgan fingerprint density at radius 1 is 1.26 bits per heavy atom. The van der Waals surface area contributed by atoms with Crippen LogP contribution in [0.15, 0.2) is 18.2 Å². The molecule has 3 atom stereocenters. The maximum Gasteiger partial charge on any atom is 0.223 e. The van der Waals surface area contributed by atoms with E-state index < -0.39 is 5.60 Å². The molecule has 3 unspecified atom stereocenters. The fraction of sp³-hybridized carbons (Fsp3) is 0.696. The molecule has 1 amide bonds. The number of carbonyl (C=O) groups excluding carboxylic acids is 1. The summed E-state index contributed by atoms with van der Waals surface area (Å²) in [6.45, 7) is 2.19. The van der Waals surface area contributed by atoms with Crippen LogP contribution in [0.1, 0.15) is 75.3 Å². The Hall–Kier alpha value is -1.55. The van der Waals surface area contributed by atoms with E-state index in [1.807, 2.05) is 6.07 Å². The Bertz CT molecular complexity index is 741. The summed E-state index contributed by atoms with van der Waals surface area (Å²) in [5, 5.41) is 10.7. The van der Waals surface area contributed by atoms with Crippen molar-refractivity contribution >= 4 is 11.6 Å². The minimum absolute atomic E-state index is 0.268. The molecule has 1 aromatic carbocycles. The predicted molar refractivity (Wildman–Crippen MR) is 106 cm³/mol. The number of nitrogens with two attached hydrogens (primary N) is 1. The molecule has 27 heavy (non-hydrogen) atoms. The molecule has 6 rings (SSSR count). The van der Waals surface area contributed by atoms with Gasteiger partial charge in [-0.05, 0) is 86.3 Å². The molecule has 2 heterocycles. The number of hydrogen-bond donors (Lipinski definition) is 2. The van der Waals surface area contributed by atoms with E-state index >= 15 is 0 Å². The predicted octanol–water partition coefficient (Wildman–Crippen LogP) is 3.62. The number of benzene rings is 1. The number of piperidine rings is 2. The molecule has 146 valence electrons. The van der Waals surface area contributed by atoms with Gasteiger partial charge in [0.15, 0.2) is 0 Å². The first kappa shape index (κ1) is 17.5. The minimum atomic E-state index is -0.490. The first-order valence-electron chi connectivity index (χ1n) is 10.8. The van der Waals surface area contributed by atoms with Crippen molar-refractivity contribution in [3.63, 3.8) is 0 Å². The monoisotopic (exact) mass is 368 g/mol. The normalized spacial score (nSPS) is 35.5. The number of nitrogens with zero attached hydrogens (tertiary/aromatic N) is 1. The van der Waals surface area contributed by atoms with E-state index in [1.54, 1.807) is 0 Å². The molecule has 3 aliphatic carbocycles. The fourth-order valence-electron chi connectivity index (χ4n) is 6.45. The van der Waals surface area contributed by atoms with Gasteiger partial charge >= 0.3 is 0 Å². The van der Waals surface area contributed by atoms with Gasteiger partial charge in [-0.3, -0.25) is 4.79 Å². The average molecular weight is 369 g/mol. The quantitative estimate of drug-likeness (QED) is 0.780. The third-order valence-electron chi connectivity index (χ3n) is 7.53. The van der Waals surface area contributed by atoms with E-state index in [9.17, 15) is 9.90 Å². The highest BCUT2D eigenvalue weighted by Gasteiger charge is 2.54. The first-order valence-corrected chi connectivity index (χ1v) is 10.8. The second-order valence-electron chi connectivity index (χ2n) is 9.99. The molecule has 4 heteroatoms. The van der Waals surface area contributed by atoms with E-state index in [0.717, 1.165) is 44.2 Å². The molecule has 3 N–H and O–H groups in total. The lowest BCUT2D eigenvalue weighted by Crippen LogP contribution is -2.65. The highest BCUT2D eigenvalue weighted by atomic mass is 16.3. The molecular weight excluding hydrogens is 336 g/mol. The van der Waals surface area contributed by atoms with Gasteiger partial charge in [0, 0.05) is 24.2 Å². The van der Waals surface area contributed by atoms with Crippen LogP contribution in [0.4, 0.5) is 5.69 Å². The van der Waals surface area contributed by atoms with Crippen LogP contribution in [0, 0.1) is 11.8 Å². The molecule has 4 nitrogen and oxygen atoms in total. The zero-order valence-electron chi connectivity index (χ0n) is 16.4. The molecule has 2 aliphatic heterocycles. The summed E-state index contributed by atoms with van der Waals surface area (Å²) in [7, 11) is 0. The van der Waals surface area contributed by atoms with Crippen LogP contribution < -0.4 is 5.73 Å². The van der Waals surface area contributed by atoms with E-state index in [2.05, 4.69) is 24.0 Å². The number of anilines is 1. The van der Waals surface area contributed by atoms with Crippen LogP contribution in [-0.2, 0) is 11.2 Å². The van der Waals surface area contributed by atoms with Crippen molar-refractivity contribution in [1.29, 1.82) is 0 Å². The zero-order chi connectivity index (χ0) is 18.8. The molecule has 0 spiro atoms. The summed E-state index contributed by atoms with van der Waals surface area (Å²) in [5.41, 5.74) is 9.37. The molecule has 2 saturated heterocycles. The van der Waals surface area contributed by atoms with Crippen molar-refractivity contribution in [1.82, 2.24) is 4.90 Å². The number of aliphatic hydroxyl groups is 1. The molecule has 3 saturated carbocycles. The summed E-state index contributed by atoms with van der Waals surface area (Å²) in [5.74, 6) is 1.89. The maximum absolute atomic E-state index is 13.2. The van der Waals surface area contributed by atoms with Gasteiger partial charge in [-0.25, -0.2) is 0 Å². The fourth-order valence-corrected chi connectivity index (χ4v) is 6.45.